The number of hydrogen-bond donors (Lipinski definition) is 1. The third kappa shape index (κ3) is 2.63. The van der Waals surface area contributed by atoms with E-state index in [9.17, 15) is 0 Å². The Hall–Kier alpha value is -0.240. The van der Waals surface area contributed by atoms with Crippen molar-refractivity contribution in [1.29, 1.82) is 0 Å². The van der Waals surface area contributed by atoms with E-state index in [0.717, 1.165) is 24.6 Å². The van der Waals surface area contributed by atoms with Gasteiger partial charge in [0.15, 0.2) is 0 Å². The smallest absolute Gasteiger partial charge is 0.0637 e. The highest BCUT2D eigenvalue weighted by atomic mass is 35.5. The Morgan fingerprint density at radius 1 is 1.29 bits per heavy atom. The molecule has 1 nitrogen and oxygen atoms in total. The van der Waals surface area contributed by atoms with Crippen molar-refractivity contribution in [2.45, 2.75) is 19.4 Å². The zero-order valence-corrected chi connectivity index (χ0v) is 9.41. The molecular weight excluding hydrogens is 217 g/mol. The molecule has 1 aliphatic rings. The first-order valence-electron chi connectivity index (χ1n) is 4.91. The summed E-state index contributed by atoms with van der Waals surface area (Å²) in [6, 6.07) is 5.75. The standard InChI is InChI=1S/C11H13Cl2N/c12-10-3-1-2-9(11(10)13)7-14-6-8-4-5-8/h1-3,8,14H,4-7H2. The highest BCUT2D eigenvalue weighted by Crippen LogP contribution is 2.28. The molecule has 3 heteroatoms. The summed E-state index contributed by atoms with van der Waals surface area (Å²) in [7, 11) is 0. The molecule has 1 fully saturated rings. The van der Waals surface area contributed by atoms with Gasteiger partial charge in [0, 0.05) is 6.54 Å². The summed E-state index contributed by atoms with van der Waals surface area (Å²) in [4.78, 5) is 0. The topological polar surface area (TPSA) is 12.0 Å². The summed E-state index contributed by atoms with van der Waals surface area (Å²) in [6.45, 7) is 1.92. The van der Waals surface area contributed by atoms with Crippen LogP contribution in [0.4, 0.5) is 0 Å². The number of benzene rings is 1. The second-order valence-electron chi connectivity index (χ2n) is 3.79. The van der Waals surface area contributed by atoms with Crippen LogP contribution in [-0.4, -0.2) is 6.54 Å². The molecular formula is C11H13Cl2N. The second kappa shape index (κ2) is 4.52. The monoisotopic (exact) mass is 229 g/mol. The maximum absolute atomic E-state index is 6.05. The van der Waals surface area contributed by atoms with E-state index in [4.69, 9.17) is 23.2 Å². The van der Waals surface area contributed by atoms with E-state index in [2.05, 4.69) is 5.32 Å². The van der Waals surface area contributed by atoms with Gasteiger partial charge in [-0.25, -0.2) is 0 Å². The molecule has 76 valence electrons. The van der Waals surface area contributed by atoms with Gasteiger partial charge in [-0.15, -0.1) is 0 Å². The van der Waals surface area contributed by atoms with Crippen LogP contribution in [0.15, 0.2) is 18.2 Å². The minimum atomic E-state index is 0.636. The van der Waals surface area contributed by atoms with E-state index in [0.29, 0.717) is 10.0 Å². The molecule has 1 aromatic carbocycles. The van der Waals surface area contributed by atoms with Gasteiger partial charge in [0.05, 0.1) is 10.0 Å². The fourth-order valence-corrected chi connectivity index (χ4v) is 1.80. The van der Waals surface area contributed by atoms with Gasteiger partial charge in [-0.05, 0) is 36.9 Å². The molecule has 2 rings (SSSR count). The summed E-state index contributed by atoms with van der Waals surface area (Å²) in [5.41, 5.74) is 1.08. The van der Waals surface area contributed by atoms with E-state index < -0.39 is 0 Å². The van der Waals surface area contributed by atoms with Crippen LogP contribution in [0.5, 0.6) is 0 Å². The molecule has 0 bridgehead atoms. The Morgan fingerprint density at radius 3 is 2.79 bits per heavy atom. The minimum absolute atomic E-state index is 0.636. The van der Waals surface area contributed by atoms with Gasteiger partial charge in [0.1, 0.15) is 0 Å². The van der Waals surface area contributed by atoms with Gasteiger partial charge in [-0.3, -0.25) is 0 Å². The van der Waals surface area contributed by atoms with Crippen LogP contribution in [0, 0.1) is 5.92 Å². The molecule has 1 aliphatic carbocycles. The zero-order valence-electron chi connectivity index (χ0n) is 7.89. The number of halogens is 2. The summed E-state index contributed by atoms with van der Waals surface area (Å²) in [6.07, 6.45) is 2.74. The Bertz CT molecular complexity index is 321. The molecule has 1 N–H and O–H groups in total. The van der Waals surface area contributed by atoms with Crippen molar-refractivity contribution in [3.63, 3.8) is 0 Å². The average Bonchev–Trinajstić information content (AvgIpc) is 2.96. The highest BCUT2D eigenvalue weighted by Gasteiger charge is 2.20. The molecule has 0 unspecified atom stereocenters. The Balaban J connectivity index is 1.90. The molecule has 0 aromatic heterocycles. The first-order valence-corrected chi connectivity index (χ1v) is 5.66. The maximum atomic E-state index is 6.05. The van der Waals surface area contributed by atoms with Gasteiger partial charge >= 0.3 is 0 Å². The summed E-state index contributed by atoms with van der Waals surface area (Å²) in [5, 5.41) is 4.70. The molecule has 0 amide bonds. The predicted molar refractivity (Wildman–Crippen MR) is 60.9 cm³/mol. The third-order valence-electron chi connectivity index (χ3n) is 2.48. The van der Waals surface area contributed by atoms with Crippen molar-refractivity contribution < 1.29 is 0 Å². The van der Waals surface area contributed by atoms with Gasteiger partial charge < -0.3 is 5.32 Å². The molecule has 0 saturated heterocycles. The van der Waals surface area contributed by atoms with Crippen LogP contribution in [0.25, 0.3) is 0 Å². The fraction of sp³-hybridized carbons (Fsp3) is 0.455. The van der Waals surface area contributed by atoms with Crippen molar-refractivity contribution in [2.24, 2.45) is 5.92 Å². The van der Waals surface area contributed by atoms with E-state index in [-0.39, 0.29) is 0 Å². The van der Waals surface area contributed by atoms with Gasteiger partial charge in [-0.1, -0.05) is 35.3 Å². The molecule has 0 heterocycles. The summed E-state index contributed by atoms with van der Waals surface area (Å²) >= 11 is 12.0. The number of hydrogen-bond acceptors (Lipinski definition) is 1. The van der Waals surface area contributed by atoms with Crippen molar-refractivity contribution in [1.82, 2.24) is 5.32 Å². The van der Waals surface area contributed by atoms with Crippen LogP contribution in [0.3, 0.4) is 0 Å². The molecule has 14 heavy (non-hydrogen) atoms. The third-order valence-corrected chi connectivity index (χ3v) is 3.34. The van der Waals surface area contributed by atoms with Crippen LogP contribution < -0.4 is 5.32 Å². The minimum Gasteiger partial charge on any atom is -0.312 e. The second-order valence-corrected chi connectivity index (χ2v) is 4.57. The lowest BCUT2D eigenvalue weighted by Gasteiger charge is -2.06. The number of nitrogens with one attached hydrogen (secondary N) is 1. The Labute approximate surface area is 94.4 Å². The Kier molecular flexibility index (Phi) is 3.32. The zero-order chi connectivity index (χ0) is 9.97. The quantitative estimate of drug-likeness (QED) is 0.834. The maximum Gasteiger partial charge on any atom is 0.0637 e. The first-order chi connectivity index (χ1) is 6.77. The average molecular weight is 230 g/mol. The highest BCUT2D eigenvalue weighted by molar-refractivity contribution is 6.42. The van der Waals surface area contributed by atoms with Crippen LogP contribution in [0.2, 0.25) is 10.0 Å². The van der Waals surface area contributed by atoms with Crippen molar-refractivity contribution in [3.8, 4) is 0 Å². The lowest BCUT2D eigenvalue weighted by atomic mass is 10.2. The van der Waals surface area contributed by atoms with Gasteiger partial charge in [0.2, 0.25) is 0 Å². The van der Waals surface area contributed by atoms with E-state index in [1.807, 2.05) is 18.2 Å². The van der Waals surface area contributed by atoms with Crippen LogP contribution in [0.1, 0.15) is 18.4 Å². The Morgan fingerprint density at radius 2 is 2.07 bits per heavy atom. The summed E-state index contributed by atoms with van der Waals surface area (Å²) in [5.74, 6) is 0.896. The van der Waals surface area contributed by atoms with Crippen LogP contribution in [-0.2, 0) is 6.54 Å². The van der Waals surface area contributed by atoms with E-state index in [1.54, 1.807) is 0 Å². The van der Waals surface area contributed by atoms with Gasteiger partial charge in [0.25, 0.3) is 0 Å². The van der Waals surface area contributed by atoms with Crippen LogP contribution >= 0.6 is 23.2 Å². The lowest BCUT2D eigenvalue weighted by Crippen LogP contribution is -2.16. The van der Waals surface area contributed by atoms with Gasteiger partial charge in [-0.2, -0.15) is 0 Å². The SMILES string of the molecule is Clc1cccc(CNCC2CC2)c1Cl. The van der Waals surface area contributed by atoms with E-state index >= 15 is 0 Å². The molecule has 0 radical (unpaired) electrons. The van der Waals surface area contributed by atoms with E-state index in [1.165, 1.54) is 12.8 Å². The lowest BCUT2D eigenvalue weighted by molar-refractivity contribution is 0.639. The molecule has 1 saturated carbocycles. The largest absolute Gasteiger partial charge is 0.312 e. The molecule has 1 aromatic rings. The fourth-order valence-electron chi connectivity index (χ4n) is 1.42. The summed E-state index contributed by atoms with van der Waals surface area (Å²) < 4.78 is 0. The molecule has 0 aliphatic heterocycles. The van der Waals surface area contributed by atoms with Crippen molar-refractivity contribution >= 4 is 23.2 Å². The first kappa shape index (κ1) is 10.3. The molecule has 0 spiro atoms. The predicted octanol–water partition coefficient (Wildman–Crippen LogP) is 3.49. The van der Waals surface area contributed by atoms with Crippen molar-refractivity contribution in [3.05, 3.63) is 33.8 Å². The molecule has 0 atom stereocenters. The van der Waals surface area contributed by atoms with Crippen molar-refractivity contribution in [2.75, 3.05) is 6.54 Å². The normalized spacial score (nSPS) is 15.9. The number of rotatable bonds is 4.